The van der Waals surface area contributed by atoms with Crippen LogP contribution in [0.15, 0.2) is 0 Å². The molecule has 0 radical (unpaired) electrons. The van der Waals surface area contributed by atoms with Crippen molar-refractivity contribution in [1.82, 2.24) is 0 Å². The Morgan fingerprint density at radius 2 is 1.38 bits per heavy atom. The first-order valence-electron chi connectivity index (χ1n) is 8.96. The maximum atomic E-state index is 12.0. The second kappa shape index (κ2) is 13.3. The zero-order valence-electron chi connectivity index (χ0n) is 14.7. The average molecular weight is 301 g/mol. The van der Waals surface area contributed by atoms with Crippen LogP contribution in [0.5, 0.6) is 0 Å². The number of quaternary nitrogens is 1. The SMILES string of the molecule is CCCCCCCCCCCC(=O)C[N+](C)(C)CCCO. The summed E-state index contributed by atoms with van der Waals surface area (Å²) >= 11 is 0. The van der Waals surface area contributed by atoms with E-state index in [1.165, 1.54) is 51.4 Å². The quantitative estimate of drug-likeness (QED) is 0.367. The molecule has 1 N–H and O–H groups in total. The van der Waals surface area contributed by atoms with E-state index in [1.54, 1.807) is 0 Å². The summed E-state index contributed by atoms with van der Waals surface area (Å²) in [5.41, 5.74) is 0. The average Bonchev–Trinajstić information content (AvgIpc) is 2.43. The van der Waals surface area contributed by atoms with Crippen molar-refractivity contribution in [3.8, 4) is 0 Å². The zero-order valence-corrected chi connectivity index (χ0v) is 14.7. The van der Waals surface area contributed by atoms with Crippen molar-refractivity contribution in [3.63, 3.8) is 0 Å². The van der Waals surface area contributed by atoms with Gasteiger partial charge in [0.05, 0.1) is 20.6 Å². The van der Waals surface area contributed by atoms with Crippen LogP contribution in [0.25, 0.3) is 0 Å². The van der Waals surface area contributed by atoms with Crippen LogP contribution < -0.4 is 0 Å². The Morgan fingerprint density at radius 1 is 0.857 bits per heavy atom. The van der Waals surface area contributed by atoms with Crippen LogP contribution in [0.3, 0.4) is 0 Å². The van der Waals surface area contributed by atoms with Gasteiger partial charge < -0.3 is 9.59 Å². The molecule has 3 heteroatoms. The predicted octanol–water partition coefficient (Wildman–Crippen LogP) is 3.94. The van der Waals surface area contributed by atoms with Gasteiger partial charge in [-0.1, -0.05) is 58.3 Å². The van der Waals surface area contributed by atoms with E-state index in [0.717, 1.165) is 25.8 Å². The van der Waals surface area contributed by atoms with Crippen LogP contribution >= 0.6 is 0 Å². The van der Waals surface area contributed by atoms with Crippen LogP contribution in [0.2, 0.25) is 0 Å². The zero-order chi connectivity index (χ0) is 16.0. The third-order valence-corrected chi connectivity index (χ3v) is 4.09. The van der Waals surface area contributed by atoms with E-state index in [1.807, 2.05) is 0 Å². The molecule has 0 aromatic heterocycles. The maximum Gasteiger partial charge on any atom is 0.186 e. The number of carbonyl (C=O) groups excluding carboxylic acids is 1. The van der Waals surface area contributed by atoms with Crippen molar-refractivity contribution in [1.29, 1.82) is 0 Å². The fourth-order valence-corrected chi connectivity index (χ4v) is 2.77. The summed E-state index contributed by atoms with van der Waals surface area (Å²) in [5, 5.41) is 8.86. The summed E-state index contributed by atoms with van der Waals surface area (Å²) in [7, 11) is 4.15. The highest BCUT2D eigenvalue weighted by Crippen LogP contribution is 2.11. The molecule has 3 nitrogen and oxygen atoms in total. The van der Waals surface area contributed by atoms with Crippen LogP contribution in [-0.4, -0.2) is 49.2 Å². The van der Waals surface area contributed by atoms with Gasteiger partial charge in [0.25, 0.3) is 0 Å². The van der Waals surface area contributed by atoms with E-state index in [-0.39, 0.29) is 6.61 Å². The van der Waals surface area contributed by atoms with Gasteiger partial charge in [0.1, 0.15) is 6.54 Å². The molecule has 0 unspecified atom stereocenters. The van der Waals surface area contributed by atoms with Gasteiger partial charge in [-0.2, -0.15) is 0 Å². The third-order valence-electron chi connectivity index (χ3n) is 4.09. The molecule has 0 aliphatic rings. The van der Waals surface area contributed by atoms with Gasteiger partial charge in [0.2, 0.25) is 0 Å². The van der Waals surface area contributed by atoms with Crippen LogP contribution in [0.1, 0.15) is 77.6 Å². The molecule has 0 rings (SSSR count). The van der Waals surface area contributed by atoms with E-state index >= 15 is 0 Å². The van der Waals surface area contributed by atoms with E-state index in [0.29, 0.717) is 16.8 Å². The summed E-state index contributed by atoms with van der Waals surface area (Å²) in [6.07, 6.45) is 13.2. The molecule has 0 saturated carbocycles. The highest BCUT2D eigenvalue weighted by atomic mass is 16.3. The third kappa shape index (κ3) is 14.3. The van der Waals surface area contributed by atoms with E-state index in [4.69, 9.17) is 5.11 Å². The van der Waals surface area contributed by atoms with Gasteiger partial charge in [-0.25, -0.2) is 0 Å². The molecule has 0 atom stereocenters. The molecule has 126 valence electrons. The lowest BCUT2D eigenvalue weighted by atomic mass is 10.1. The Balaban J connectivity index is 3.45. The Morgan fingerprint density at radius 3 is 1.90 bits per heavy atom. The lowest BCUT2D eigenvalue weighted by Crippen LogP contribution is -2.44. The van der Waals surface area contributed by atoms with Crippen molar-refractivity contribution >= 4 is 5.78 Å². The highest BCUT2D eigenvalue weighted by Gasteiger charge is 2.18. The topological polar surface area (TPSA) is 37.3 Å². The number of Topliss-reactive ketones (excluding diaryl/α,β-unsaturated/α-hetero) is 1. The largest absolute Gasteiger partial charge is 0.396 e. The van der Waals surface area contributed by atoms with Gasteiger partial charge in [0, 0.05) is 19.4 Å². The van der Waals surface area contributed by atoms with Crippen molar-refractivity contribution < 1.29 is 14.4 Å². The Hall–Kier alpha value is -0.410. The van der Waals surface area contributed by atoms with Crippen molar-refractivity contribution in [3.05, 3.63) is 0 Å². The lowest BCUT2D eigenvalue weighted by molar-refractivity contribution is -0.882. The molecule has 0 aromatic rings. The van der Waals surface area contributed by atoms with E-state index < -0.39 is 0 Å². The number of aliphatic hydroxyl groups excluding tert-OH is 1. The normalized spacial score (nSPS) is 11.8. The standard InChI is InChI=1S/C18H38NO2/c1-4-5-6-7-8-9-10-11-12-14-18(21)17-19(2,3)15-13-16-20/h20H,4-17H2,1-3H3/q+1. The minimum absolute atomic E-state index is 0.216. The summed E-state index contributed by atoms with van der Waals surface area (Å²) in [6, 6.07) is 0. The lowest BCUT2D eigenvalue weighted by Gasteiger charge is -2.28. The molecular formula is C18H38NO2+. The highest BCUT2D eigenvalue weighted by molar-refractivity contribution is 5.79. The first-order chi connectivity index (χ1) is 10.0. The number of aliphatic hydroxyl groups is 1. The van der Waals surface area contributed by atoms with Gasteiger partial charge in [-0.3, -0.25) is 4.79 Å². The fraction of sp³-hybridized carbons (Fsp3) is 0.944. The number of nitrogens with zero attached hydrogens (tertiary/aromatic N) is 1. The Bertz CT molecular complexity index is 252. The van der Waals surface area contributed by atoms with E-state index in [9.17, 15) is 4.79 Å². The number of unbranched alkanes of at least 4 members (excludes halogenated alkanes) is 8. The molecular weight excluding hydrogens is 262 g/mol. The van der Waals surface area contributed by atoms with E-state index in [2.05, 4.69) is 21.0 Å². The number of hydrogen-bond donors (Lipinski definition) is 1. The van der Waals surface area contributed by atoms with Gasteiger partial charge in [-0.15, -0.1) is 0 Å². The molecule has 0 fully saturated rings. The second-order valence-corrected chi connectivity index (χ2v) is 7.01. The fourth-order valence-electron chi connectivity index (χ4n) is 2.77. The van der Waals surface area contributed by atoms with Gasteiger partial charge in [0.15, 0.2) is 5.78 Å². The van der Waals surface area contributed by atoms with Crippen molar-refractivity contribution in [2.45, 2.75) is 77.6 Å². The summed E-state index contributed by atoms with van der Waals surface area (Å²) < 4.78 is 0.705. The minimum Gasteiger partial charge on any atom is -0.396 e. The Labute approximate surface area is 132 Å². The summed E-state index contributed by atoms with van der Waals surface area (Å²) in [4.78, 5) is 12.0. The molecule has 0 amide bonds. The molecule has 0 bridgehead atoms. The monoisotopic (exact) mass is 300 g/mol. The first kappa shape index (κ1) is 20.6. The predicted molar refractivity (Wildman–Crippen MR) is 90.4 cm³/mol. The smallest absolute Gasteiger partial charge is 0.186 e. The Kier molecular flexibility index (Phi) is 13.0. The molecule has 21 heavy (non-hydrogen) atoms. The van der Waals surface area contributed by atoms with Crippen LogP contribution in [0.4, 0.5) is 0 Å². The number of likely N-dealkylation sites (N-methyl/N-ethyl adjacent to an activating group) is 1. The molecule has 0 aliphatic heterocycles. The van der Waals surface area contributed by atoms with Crippen molar-refractivity contribution in [2.24, 2.45) is 0 Å². The second-order valence-electron chi connectivity index (χ2n) is 7.01. The minimum atomic E-state index is 0.216. The summed E-state index contributed by atoms with van der Waals surface area (Å²) in [5.74, 6) is 0.376. The number of ketones is 1. The van der Waals surface area contributed by atoms with Gasteiger partial charge in [-0.05, 0) is 6.42 Å². The number of rotatable bonds is 15. The maximum absolute atomic E-state index is 12.0. The van der Waals surface area contributed by atoms with Crippen LogP contribution in [0, 0.1) is 0 Å². The molecule has 0 heterocycles. The summed E-state index contributed by atoms with van der Waals surface area (Å²) in [6.45, 7) is 3.95. The van der Waals surface area contributed by atoms with Crippen molar-refractivity contribution in [2.75, 3.05) is 33.8 Å². The first-order valence-corrected chi connectivity index (χ1v) is 8.96. The molecule has 0 saturated heterocycles. The van der Waals surface area contributed by atoms with Crippen LogP contribution in [-0.2, 0) is 4.79 Å². The molecule has 0 aromatic carbocycles. The molecule has 0 aliphatic carbocycles. The van der Waals surface area contributed by atoms with Gasteiger partial charge >= 0.3 is 0 Å². The number of carbonyl (C=O) groups is 1. The number of hydrogen-bond acceptors (Lipinski definition) is 2. The molecule has 0 spiro atoms.